The van der Waals surface area contributed by atoms with Gasteiger partial charge in [-0.3, -0.25) is 4.55 Å². The Balaban J connectivity index is 3.36. The molecule has 1 rings (SSSR count). The molecule has 0 aromatic carbocycles. The number of hydrogen-bond acceptors (Lipinski definition) is 3. The molecule has 0 saturated heterocycles. The Bertz CT molecular complexity index is 367. The van der Waals surface area contributed by atoms with Crippen molar-refractivity contribution in [1.29, 1.82) is 0 Å². The van der Waals surface area contributed by atoms with Gasteiger partial charge in [-0.15, -0.1) is 0 Å². The van der Waals surface area contributed by atoms with E-state index < -0.39 is 25.3 Å². The summed E-state index contributed by atoms with van der Waals surface area (Å²) in [5, 5.41) is -2.24. The standard InChI is InChI=1S/C4H2F2O3S2/c5-3-1-2(4(6)10-3)11(7,8)9/h1H,(H,7,8,9). The Kier molecular flexibility index (Phi) is 1.95. The van der Waals surface area contributed by atoms with Crippen molar-refractivity contribution in [2.45, 2.75) is 4.90 Å². The first-order valence-electron chi connectivity index (χ1n) is 2.33. The van der Waals surface area contributed by atoms with E-state index in [9.17, 15) is 17.2 Å². The van der Waals surface area contributed by atoms with E-state index in [0.29, 0.717) is 6.07 Å². The van der Waals surface area contributed by atoms with Crippen molar-refractivity contribution >= 4 is 21.5 Å². The van der Waals surface area contributed by atoms with Crippen LogP contribution in [0.1, 0.15) is 0 Å². The quantitative estimate of drug-likeness (QED) is 0.694. The second kappa shape index (κ2) is 2.50. The van der Waals surface area contributed by atoms with Gasteiger partial charge in [0.2, 0.25) is 0 Å². The first kappa shape index (κ1) is 8.57. The van der Waals surface area contributed by atoms with Crippen LogP contribution in [0.25, 0.3) is 0 Å². The normalized spacial score (nSPS) is 11.9. The lowest BCUT2D eigenvalue weighted by molar-refractivity contribution is 0.476. The van der Waals surface area contributed by atoms with E-state index in [0.717, 1.165) is 0 Å². The summed E-state index contributed by atoms with van der Waals surface area (Å²) in [5.41, 5.74) is 0. The fraction of sp³-hybridized carbons (Fsp3) is 0. The summed E-state index contributed by atoms with van der Waals surface area (Å²) in [6.45, 7) is 0. The monoisotopic (exact) mass is 200 g/mol. The summed E-state index contributed by atoms with van der Waals surface area (Å²) < 4.78 is 53.2. The van der Waals surface area contributed by atoms with Crippen LogP contribution in [0.2, 0.25) is 0 Å². The molecule has 0 amide bonds. The minimum Gasteiger partial charge on any atom is -0.282 e. The molecule has 0 bridgehead atoms. The van der Waals surface area contributed by atoms with E-state index in [-0.39, 0.29) is 11.3 Å². The van der Waals surface area contributed by atoms with Crippen LogP contribution in [0.15, 0.2) is 11.0 Å². The van der Waals surface area contributed by atoms with Crippen LogP contribution < -0.4 is 0 Å². The Labute approximate surface area is 65.0 Å². The maximum absolute atomic E-state index is 12.3. The maximum atomic E-state index is 12.3. The Morgan fingerprint density at radius 1 is 1.45 bits per heavy atom. The molecular formula is C4H2F2O3S2. The van der Waals surface area contributed by atoms with Crippen LogP contribution in [0.3, 0.4) is 0 Å². The van der Waals surface area contributed by atoms with Gasteiger partial charge in [0.05, 0.1) is 0 Å². The van der Waals surface area contributed by atoms with Gasteiger partial charge in [0.1, 0.15) is 4.90 Å². The zero-order chi connectivity index (χ0) is 8.65. The summed E-state index contributed by atoms with van der Waals surface area (Å²) in [4.78, 5) is -1.01. The second-order valence-corrected chi connectivity index (χ2v) is 4.01. The Hall–Kier alpha value is -0.530. The van der Waals surface area contributed by atoms with Gasteiger partial charge in [-0.2, -0.15) is 17.2 Å². The molecule has 62 valence electrons. The highest BCUT2D eigenvalue weighted by atomic mass is 32.2. The lowest BCUT2D eigenvalue weighted by Gasteiger charge is -1.87. The van der Waals surface area contributed by atoms with Crippen LogP contribution in [0, 0.1) is 10.3 Å². The lowest BCUT2D eigenvalue weighted by Crippen LogP contribution is -1.97. The summed E-state index contributed by atoms with van der Waals surface area (Å²) >= 11 is 0.0236. The third-order valence-electron chi connectivity index (χ3n) is 0.903. The molecule has 1 aromatic heterocycles. The predicted octanol–water partition coefficient (Wildman–Crippen LogP) is 1.27. The zero-order valence-electron chi connectivity index (χ0n) is 4.91. The predicted molar refractivity (Wildman–Crippen MR) is 34.0 cm³/mol. The molecule has 0 aliphatic heterocycles. The van der Waals surface area contributed by atoms with E-state index in [4.69, 9.17) is 4.55 Å². The van der Waals surface area contributed by atoms with Gasteiger partial charge in [-0.05, 0) is 0 Å². The molecule has 7 heteroatoms. The largest absolute Gasteiger partial charge is 0.298 e. The van der Waals surface area contributed by atoms with E-state index >= 15 is 0 Å². The summed E-state index contributed by atoms with van der Waals surface area (Å²) in [5.74, 6) is 0. The molecule has 0 aliphatic rings. The molecule has 0 unspecified atom stereocenters. The van der Waals surface area contributed by atoms with E-state index in [1.807, 2.05) is 0 Å². The first-order valence-corrected chi connectivity index (χ1v) is 4.59. The average molecular weight is 200 g/mol. The van der Waals surface area contributed by atoms with Crippen LogP contribution >= 0.6 is 11.3 Å². The number of rotatable bonds is 1. The molecule has 1 aromatic rings. The van der Waals surface area contributed by atoms with Gasteiger partial charge in [0.25, 0.3) is 10.1 Å². The molecule has 0 aliphatic carbocycles. The highest BCUT2D eigenvalue weighted by Gasteiger charge is 2.19. The van der Waals surface area contributed by atoms with Crippen molar-refractivity contribution in [1.82, 2.24) is 0 Å². The van der Waals surface area contributed by atoms with Gasteiger partial charge in [0.15, 0.2) is 10.3 Å². The second-order valence-electron chi connectivity index (χ2n) is 1.66. The smallest absolute Gasteiger partial charge is 0.282 e. The number of halogens is 2. The maximum Gasteiger partial charge on any atom is 0.298 e. The highest BCUT2D eigenvalue weighted by molar-refractivity contribution is 7.86. The van der Waals surface area contributed by atoms with E-state index in [1.165, 1.54) is 0 Å². The van der Waals surface area contributed by atoms with Crippen molar-refractivity contribution in [2.75, 3.05) is 0 Å². The molecule has 0 radical (unpaired) electrons. The van der Waals surface area contributed by atoms with Crippen LogP contribution in [0.4, 0.5) is 8.78 Å². The Morgan fingerprint density at radius 2 is 2.00 bits per heavy atom. The number of hydrogen-bond donors (Lipinski definition) is 1. The average Bonchev–Trinajstić information content (AvgIpc) is 2.08. The summed E-state index contributed by atoms with van der Waals surface area (Å²) in [7, 11) is -4.62. The van der Waals surface area contributed by atoms with E-state index in [1.54, 1.807) is 0 Å². The van der Waals surface area contributed by atoms with Gasteiger partial charge < -0.3 is 0 Å². The fourth-order valence-corrected chi connectivity index (χ4v) is 1.98. The zero-order valence-corrected chi connectivity index (χ0v) is 6.55. The fourth-order valence-electron chi connectivity index (χ4n) is 0.501. The highest BCUT2D eigenvalue weighted by Crippen LogP contribution is 2.22. The van der Waals surface area contributed by atoms with Crippen molar-refractivity contribution in [2.24, 2.45) is 0 Å². The third kappa shape index (κ3) is 1.73. The minimum absolute atomic E-state index is 0.0236. The molecule has 0 atom stereocenters. The van der Waals surface area contributed by atoms with Crippen molar-refractivity contribution < 1.29 is 21.8 Å². The molecule has 1 N–H and O–H groups in total. The summed E-state index contributed by atoms with van der Waals surface area (Å²) in [6.07, 6.45) is 0. The molecule has 1 heterocycles. The van der Waals surface area contributed by atoms with Gasteiger partial charge >= 0.3 is 0 Å². The van der Waals surface area contributed by atoms with Crippen LogP contribution in [-0.4, -0.2) is 13.0 Å². The van der Waals surface area contributed by atoms with Crippen LogP contribution in [-0.2, 0) is 10.1 Å². The van der Waals surface area contributed by atoms with E-state index in [2.05, 4.69) is 0 Å². The van der Waals surface area contributed by atoms with Crippen molar-refractivity contribution in [3.05, 3.63) is 16.3 Å². The SMILES string of the molecule is O=S(=O)(O)c1cc(F)sc1F. The number of thiophene rings is 1. The molecule has 11 heavy (non-hydrogen) atoms. The van der Waals surface area contributed by atoms with Gasteiger partial charge in [-0.1, -0.05) is 11.3 Å². The summed E-state index contributed by atoms with van der Waals surface area (Å²) in [6, 6.07) is 0.426. The topological polar surface area (TPSA) is 54.4 Å². The molecule has 3 nitrogen and oxygen atoms in total. The van der Waals surface area contributed by atoms with Crippen LogP contribution in [0.5, 0.6) is 0 Å². The Morgan fingerprint density at radius 3 is 2.18 bits per heavy atom. The molecular weight excluding hydrogens is 198 g/mol. The minimum atomic E-state index is -4.62. The van der Waals surface area contributed by atoms with Gasteiger partial charge in [-0.25, -0.2) is 0 Å². The molecule has 0 fully saturated rings. The third-order valence-corrected chi connectivity index (χ3v) is 2.60. The molecule has 0 spiro atoms. The molecule has 0 saturated carbocycles. The first-order chi connectivity index (χ1) is 4.91. The van der Waals surface area contributed by atoms with Gasteiger partial charge in [0, 0.05) is 6.07 Å². The van der Waals surface area contributed by atoms with Crippen molar-refractivity contribution in [3.63, 3.8) is 0 Å². The lowest BCUT2D eigenvalue weighted by atomic mass is 10.6. The van der Waals surface area contributed by atoms with Crippen molar-refractivity contribution in [3.8, 4) is 0 Å².